The third-order valence-corrected chi connectivity index (χ3v) is 5.18. The topological polar surface area (TPSA) is 79.3 Å². The van der Waals surface area contributed by atoms with Crippen LogP contribution in [-0.4, -0.2) is 22.0 Å². The maximum absolute atomic E-state index is 12.5. The normalized spacial score (nSPS) is 11.2. The number of unbranched alkanes of at least 4 members (excludes halogenated alkanes) is 1. The number of hydrogen-bond donors (Lipinski definition) is 2. The predicted octanol–water partition coefficient (Wildman–Crippen LogP) is 5.99. The number of aliphatic carboxylic acids is 1. The van der Waals surface area contributed by atoms with Crippen molar-refractivity contribution in [2.75, 3.05) is 5.32 Å². The number of benzene rings is 2. The minimum absolute atomic E-state index is 0.0644. The van der Waals surface area contributed by atoms with Crippen molar-refractivity contribution in [3.8, 4) is 0 Å². The summed E-state index contributed by atoms with van der Waals surface area (Å²) in [5, 5.41) is 12.5. The highest BCUT2D eigenvalue weighted by molar-refractivity contribution is 6.30. The lowest BCUT2D eigenvalue weighted by Gasteiger charge is -2.11. The van der Waals surface area contributed by atoms with Crippen molar-refractivity contribution >= 4 is 34.7 Å². The van der Waals surface area contributed by atoms with Crippen molar-refractivity contribution < 1.29 is 14.7 Å². The molecule has 3 rings (SSSR count). The van der Waals surface area contributed by atoms with Crippen LogP contribution in [0.5, 0.6) is 0 Å². The van der Waals surface area contributed by atoms with Crippen molar-refractivity contribution in [3.63, 3.8) is 0 Å². The minimum atomic E-state index is -0.801. The summed E-state index contributed by atoms with van der Waals surface area (Å²) in [6, 6.07) is 19.0. The molecule has 2 N–H and O–H groups in total. The minimum Gasteiger partial charge on any atom is -0.481 e. The van der Waals surface area contributed by atoms with E-state index in [0.29, 0.717) is 36.4 Å². The summed E-state index contributed by atoms with van der Waals surface area (Å²) in [6.07, 6.45) is 7.83. The molecule has 2 aromatic carbocycles. The summed E-state index contributed by atoms with van der Waals surface area (Å²) in [5.74, 6) is -0.866. The molecular formula is C26H25ClN2O3. The van der Waals surface area contributed by atoms with Crippen LogP contribution < -0.4 is 5.32 Å². The standard InChI is InChI=1S/C26H25ClN2O3/c27-22-13-10-19(11-14-22)12-15-25(30)29-23-7-3-5-20(17-23)24(8-1-2-9-26(31)32)21-6-4-16-28-18-21/h3-8,10-11,13-14,16-18H,1-2,9,12,15H2,(H,29,30)(H,31,32)/b24-8+. The molecule has 0 aliphatic rings. The van der Waals surface area contributed by atoms with E-state index < -0.39 is 5.97 Å². The van der Waals surface area contributed by atoms with Gasteiger partial charge in [-0.2, -0.15) is 0 Å². The zero-order valence-electron chi connectivity index (χ0n) is 17.6. The number of aromatic nitrogens is 1. The van der Waals surface area contributed by atoms with Crippen LogP contribution in [0, 0.1) is 0 Å². The molecule has 1 aromatic heterocycles. The average Bonchev–Trinajstić information content (AvgIpc) is 2.79. The molecule has 0 bridgehead atoms. The van der Waals surface area contributed by atoms with E-state index in [4.69, 9.17) is 16.7 Å². The molecule has 0 spiro atoms. The summed E-state index contributed by atoms with van der Waals surface area (Å²) in [6.45, 7) is 0. The molecule has 0 radical (unpaired) electrons. The number of anilines is 1. The lowest BCUT2D eigenvalue weighted by Crippen LogP contribution is -2.12. The largest absolute Gasteiger partial charge is 0.481 e. The number of rotatable bonds is 10. The van der Waals surface area contributed by atoms with Gasteiger partial charge in [-0.25, -0.2) is 0 Å². The van der Waals surface area contributed by atoms with E-state index in [1.54, 1.807) is 12.4 Å². The highest BCUT2D eigenvalue weighted by Crippen LogP contribution is 2.26. The molecule has 0 saturated heterocycles. The summed E-state index contributed by atoms with van der Waals surface area (Å²) in [4.78, 5) is 27.5. The van der Waals surface area contributed by atoms with Gasteiger partial charge >= 0.3 is 5.97 Å². The van der Waals surface area contributed by atoms with Crippen LogP contribution in [-0.2, 0) is 16.0 Å². The van der Waals surface area contributed by atoms with Crippen LogP contribution in [0.2, 0.25) is 5.02 Å². The third-order valence-electron chi connectivity index (χ3n) is 4.93. The van der Waals surface area contributed by atoms with E-state index >= 15 is 0 Å². The molecule has 1 heterocycles. The van der Waals surface area contributed by atoms with Gasteiger partial charge in [0, 0.05) is 41.5 Å². The zero-order valence-corrected chi connectivity index (χ0v) is 18.4. The first-order chi connectivity index (χ1) is 15.5. The number of hydrogen-bond acceptors (Lipinski definition) is 3. The number of carboxylic acids is 1. The molecule has 3 aromatic rings. The second kappa shape index (κ2) is 11.8. The smallest absolute Gasteiger partial charge is 0.303 e. The van der Waals surface area contributed by atoms with Crippen LogP contribution in [0.15, 0.2) is 79.1 Å². The Kier molecular flexibility index (Phi) is 8.58. The van der Waals surface area contributed by atoms with Crippen LogP contribution in [0.25, 0.3) is 5.57 Å². The highest BCUT2D eigenvalue weighted by atomic mass is 35.5. The lowest BCUT2D eigenvalue weighted by atomic mass is 9.97. The first-order valence-electron chi connectivity index (χ1n) is 10.5. The Morgan fingerprint density at radius 3 is 2.50 bits per heavy atom. The molecule has 32 heavy (non-hydrogen) atoms. The number of nitrogens with one attached hydrogen (secondary N) is 1. The number of carbonyl (C=O) groups excluding carboxylic acids is 1. The summed E-state index contributed by atoms with van der Waals surface area (Å²) < 4.78 is 0. The maximum Gasteiger partial charge on any atom is 0.303 e. The second-order valence-electron chi connectivity index (χ2n) is 7.40. The fourth-order valence-electron chi connectivity index (χ4n) is 3.32. The molecule has 5 nitrogen and oxygen atoms in total. The van der Waals surface area contributed by atoms with Crippen LogP contribution in [0.4, 0.5) is 5.69 Å². The number of carbonyl (C=O) groups is 2. The molecule has 0 atom stereocenters. The second-order valence-corrected chi connectivity index (χ2v) is 7.84. The third kappa shape index (κ3) is 7.36. The first kappa shape index (κ1) is 23.2. The van der Waals surface area contributed by atoms with E-state index in [0.717, 1.165) is 22.3 Å². The van der Waals surface area contributed by atoms with E-state index in [1.807, 2.05) is 66.7 Å². The van der Waals surface area contributed by atoms with Crippen molar-refractivity contribution in [1.29, 1.82) is 0 Å². The van der Waals surface area contributed by atoms with Crippen molar-refractivity contribution in [2.24, 2.45) is 0 Å². The molecule has 164 valence electrons. The van der Waals surface area contributed by atoms with Crippen LogP contribution in [0.3, 0.4) is 0 Å². The van der Waals surface area contributed by atoms with Gasteiger partial charge in [-0.3, -0.25) is 14.6 Å². The van der Waals surface area contributed by atoms with Crippen molar-refractivity contribution in [3.05, 3.63) is 101 Å². The Labute approximate surface area is 192 Å². The van der Waals surface area contributed by atoms with E-state index in [2.05, 4.69) is 10.3 Å². The van der Waals surface area contributed by atoms with Gasteiger partial charge in [0.05, 0.1) is 0 Å². The quantitative estimate of drug-likeness (QED) is 0.373. The number of carboxylic acid groups (broad SMARTS) is 1. The fraction of sp³-hybridized carbons (Fsp3) is 0.192. The Morgan fingerprint density at radius 2 is 1.78 bits per heavy atom. The number of nitrogens with zero attached hydrogens (tertiary/aromatic N) is 1. The molecule has 0 aliphatic carbocycles. The van der Waals surface area contributed by atoms with Crippen LogP contribution >= 0.6 is 11.6 Å². The first-order valence-corrected chi connectivity index (χ1v) is 10.9. The van der Waals surface area contributed by atoms with Crippen molar-refractivity contribution in [2.45, 2.75) is 32.1 Å². The van der Waals surface area contributed by atoms with Gasteiger partial charge in [-0.05, 0) is 66.3 Å². The monoisotopic (exact) mass is 448 g/mol. The average molecular weight is 449 g/mol. The van der Waals surface area contributed by atoms with Gasteiger partial charge in [-0.15, -0.1) is 0 Å². The van der Waals surface area contributed by atoms with Gasteiger partial charge in [0.25, 0.3) is 0 Å². The molecule has 6 heteroatoms. The fourth-order valence-corrected chi connectivity index (χ4v) is 3.45. The lowest BCUT2D eigenvalue weighted by molar-refractivity contribution is -0.137. The highest BCUT2D eigenvalue weighted by Gasteiger charge is 2.09. The SMILES string of the molecule is O=C(O)CCC/C=C(/c1cccnc1)c1cccc(NC(=O)CCc2ccc(Cl)cc2)c1. The van der Waals surface area contributed by atoms with Gasteiger partial charge < -0.3 is 10.4 Å². The van der Waals surface area contributed by atoms with Gasteiger partial charge in [0.2, 0.25) is 5.91 Å². The number of amides is 1. The van der Waals surface area contributed by atoms with Gasteiger partial charge in [0.15, 0.2) is 0 Å². The van der Waals surface area contributed by atoms with Gasteiger partial charge in [-0.1, -0.05) is 48.0 Å². The summed E-state index contributed by atoms with van der Waals surface area (Å²) >= 11 is 5.91. The number of allylic oxidation sites excluding steroid dienone is 1. The van der Waals surface area contributed by atoms with E-state index in [9.17, 15) is 9.59 Å². The van der Waals surface area contributed by atoms with Crippen LogP contribution in [0.1, 0.15) is 42.4 Å². The van der Waals surface area contributed by atoms with Crippen molar-refractivity contribution in [1.82, 2.24) is 4.98 Å². The number of aryl methyl sites for hydroxylation is 1. The van der Waals surface area contributed by atoms with E-state index in [-0.39, 0.29) is 12.3 Å². The molecule has 0 unspecified atom stereocenters. The molecule has 0 saturated carbocycles. The number of pyridine rings is 1. The summed E-state index contributed by atoms with van der Waals surface area (Å²) in [7, 11) is 0. The predicted molar refractivity (Wildman–Crippen MR) is 128 cm³/mol. The Morgan fingerprint density at radius 1 is 1.00 bits per heavy atom. The molecule has 0 fully saturated rings. The Balaban J connectivity index is 1.70. The Bertz CT molecular complexity index is 1080. The Hall–Kier alpha value is -3.44. The van der Waals surface area contributed by atoms with E-state index in [1.165, 1.54) is 0 Å². The summed E-state index contributed by atoms with van der Waals surface area (Å²) in [5.41, 5.74) is 4.60. The number of halogens is 1. The zero-order chi connectivity index (χ0) is 22.8. The maximum atomic E-state index is 12.5. The molecular weight excluding hydrogens is 424 g/mol. The van der Waals surface area contributed by atoms with Gasteiger partial charge in [0.1, 0.15) is 0 Å². The molecule has 0 aliphatic heterocycles. The molecule has 1 amide bonds.